The van der Waals surface area contributed by atoms with Crippen molar-refractivity contribution in [1.29, 1.82) is 0 Å². The Morgan fingerprint density at radius 2 is 1.59 bits per heavy atom. The molecule has 3 rings (SSSR count). The monoisotopic (exact) mass is 619 g/mol. The van der Waals surface area contributed by atoms with Crippen molar-refractivity contribution in [2.24, 2.45) is 5.92 Å². The second-order valence-electron chi connectivity index (χ2n) is 10.1. The number of hydrogen-bond donors (Lipinski definition) is 1. The Bertz CT molecular complexity index is 1460. The highest BCUT2D eigenvalue weighted by Crippen LogP contribution is 2.30. The topological polar surface area (TPSA) is 96.0 Å². The number of carbonyl (C=O) groups is 2. The molecule has 0 aliphatic carbocycles. The first kappa shape index (κ1) is 32.2. The fourth-order valence-corrected chi connectivity index (χ4v) is 5.96. The van der Waals surface area contributed by atoms with Crippen LogP contribution in [0, 0.1) is 12.8 Å². The molecular formula is C30H35Cl2N3O5S. The van der Waals surface area contributed by atoms with Crippen molar-refractivity contribution in [3.63, 3.8) is 0 Å². The van der Waals surface area contributed by atoms with Crippen molar-refractivity contribution >= 4 is 50.7 Å². The minimum Gasteiger partial charge on any atom is -0.497 e. The molecule has 220 valence electrons. The number of amides is 2. The lowest BCUT2D eigenvalue weighted by molar-refractivity contribution is -0.139. The number of nitrogens with one attached hydrogen (secondary N) is 1. The van der Waals surface area contributed by atoms with Crippen LogP contribution in [0.15, 0.2) is 71.6 Å². The Morgan fingerprint density at radius 1 is 0.951 bits per heavy atom. The van der Waals surface area contributed by atoms with Crippen LogP contribution in [0.25, 0.3) is 0 Å². The first-order chi connectivity index (χ1) is 19.3. The number of halogens is 2. The summed E-state index contributed by atoms with van der Waals surface area (Å²) in [5.41, 5.74) is 1.71. The Labute approximate surface area is 252 Å². The molecule has 0 aromatic heterocycles. The van der Waals surface area contributed by atoms with E-state index in [9.17, 15) is 18.0 Å². The van der Waals surface area contributed by atoms with Gasteiger partial charge in [0.2, 0.25) is 11.8 Å². The summed E-state index contributed by atoms with van der Waals surface area (Å²) >= 11 is 12.5. The van der Waals surface area contributed by atoms with E-state index in [4.69, 9.17) is 27.9 Å². The second-order valence-corrected chi connectivity index (χ2v) is 12.9. The molecule has 11 heteroatoms. The quantitative estimate of drug-likeness (QED) is 0.281. The number of benzene rings is 3. The standard InChI is InChI=1S/C30H35Cl2N3O5S/c1-20(2)17-33-30(37)22(4)34(18-23-7-6-8-27(13-23)40-5)29(36)19-35(26-15-24(31)14-25(32)16-26)41(38,39)28-11-9-21(3)10-12-28/h6-16,20,22H,17-19H2,1-5H3,(H,33,37). The molecule has 0 aliphatic heterocycles. The second kappa shape index (κ2) is 14.1. The Morgan fingerprint density at radius 3 is 2.17 bits per heavy atom. The highest BCUT2D eigenvalue weighted by atomic mass is 35.5. The van der Waals surface area contributed by atoms with Gasteiger partial charge in [0.1, 0.15) is 18.3 Å². The molecule has 0 saturated carbocycles. The SMILES string of the molecule is COc1cccc(CN(C(=O)CN(c2cc(Cl)cc(Cl)c2)S(=O)(=O)c2ccc(C)cc2)C(C)C(=O)NCC(C)C)c1. The summed E-state index contributed by atoms with van der Waals surface area (Å²) in [4.78, 5) is 28.5. The van der Waals surface area contributed by atoms with E-state index >= 15 is 0 Å². The molecule has 3 aromatic rings. The lowest BCUT2D eigenvalue weighted by atomic mass is 10.1. The van der Waals surface area contributed by atoms with Gasteiger partial charge in [-0.05, 0) is 67.8 Å². The lowest BCUT2D eigenvalue weighted by Crippen LogP contribution is -2.51. The highest BCUT2D eigenvalue weighted by molar-refractivity contribution is 7.92. The molecule has 8 nitrogen and oxygen atoms in total. The largest absolute Gasteiger partial charge is 0.497 e. The van der Waals surface area contributed by atoms with Crippen molar-refractivity contribution in [2.45, 2.75) is 45.2 Å². The first-order valence-corrected chi connectivity index (χ1v) is 15.3. The van der Waals surface area contributed by atoms with E-state index in [0.29, 0.717) is 17.9 Å². The van der Waals surface area contributed by atoms with Crippen LogP contribution in [0.5, 0.6) is 5.75 Å². The first-order valence-electron chi connectivity index (χ1n) is 13.1. The molecule has 0 fully saturated rings. The molecule has 0 radical (unpaired) electrons. The Balaban J connectivity index is 2.05. The summed E-state index contributed by atoms with van der Waals surface area (Å²) in [6, 6.07) is 16.8. The molecule has 1 unspecified atom stereocenters. The molecule has 0 heterocycles. The Kier molecular flexibility index (Phi) is 11.1. The average Bonchev–Trinajstić information content (AvgIpc) is 2.92. The molecular weight excluding hydrogens is 585 g/mol. The van der Waals surface area contributed by atoms with E-state index in [1.807, 2.05) is 20.8 Å². The normalized spacial score (nSPS) is 12.1. The maximum Gasteiger partial charge on any atom is 0.264 e. The van der Waals surface area contributed by atoms with Gasteiger partial charge in [-0.25, -0.2) is 8.42 Å². The van der Waals surface area contributed by atoms with Gasteiger partial charge in [0.25, 0.3) is 10.0 Å². The van der Waals surface area contributed by atoms with Gasteiger partial charge in [-0.1, -0.05) is 66.9 Å². The molecule has 2 amide bonds. The van der Waals surface area contributed by atoms with Gasteiger partial charge in [0.15, 0.2) is 0 Å². The van der Waals surface area contributed by atoms with E-state index in [1.54, 1.807) is 43.3 Å². The van der Waals surface area contributed by atoms with Crippen LogP contribution < -0.4 is 14.4 Å². The highest BCUT2D eigenvalue weighted by Gasteiger charge is 2.33. The molecule has 41 heavy (non-hydrogen) atoms. The number of aryl methyl sites for hydroxylation is 1. The number of methoxy groups -OCH3 is 1. The van der Waals surface area contributed by atoms with Crippen LogP contribution >= 0.6 is 23.2 Å². The minimum atomic E-state index is -4.24. The van der Waals surface area contributed by atoms with Gasteiger partial charge in [0, 0.05) is 23.1 Å². The summed E-state index contributed by atoms with van der Waals surface area (Å²) in [6.07, 6.45) is 0. The zero-order valence-corrected chi connectivity index (χ0v) is 26.1. The van der Waals surface area contributed by atoms with Crippen molar-refractivity contribution in [3.8, 4) is 5.75 Å². The molecule has 0 saturated heterocycles. The Hall–Kier alpha value is -3.27. The third kappa shape index (κ3) is 8.61. The van der Waals surface area contributed by atoms with Crippen molar-refractivity contribution in [2.75, 3.05) is 24.5 Å². The third-order valence-electron chi connectivity index (χ3n) is 6.36. The number of carbonyl (C=O) groups excluding carboxylic acids is 2. The molecule has 3 aromatic carbocycles. The van der Waals surface area contributed by atoms with Gasteiger partial charge in [-0.15, -0.1) is 0 Å². The summed E-state index contributed by atoms with van der Waals surface area (Å²) in [5, 5.41) is 3.28. The van der Waals surface area contributed by atoms with E-state index < -0.39 is 28.5 Å². The fourth-order valence-electron chi connectivity index (χ4n) is 4.05. The van der Waals surface area contributed by atoms with Crippen LogP contribution in [0.3, 0.4) is 0 Å². The number of rotatable bonds is 12. The van der Waals surface area contributed by atoms with E-state index in [2.05, 4.69) is 5.32 Å². The smallest absolute Gasteiger partial charge is 0.264 e. The number of nitrogens with zero attached hydrogens (tertiary/aromatic N) is 2. The van der Waals surface area contributed by atoms with Crippen LogP contribution in [-0.2, 0) is 26.2 Å². The molecule has 0 aliphatic rings. The zero-order valence-electron chi connectivity index (χ0n) is 23.7. The van der Waals surface area contributed by atoms with Crippen LogP contribution in [0.4, 0.5) is 5.69 Å². The van der Waals surface area contributed by atoms with Gasteiger partial charge >= 0.3 is 0 Å². The third-order valence-corrected chi connectivity index (χ3v) is 8.59. The molecule has 0 bridgehead atoms. The molecule has 1 N–H and O–H groups in total. The number of sulfonamides is 1. The fraction of sp³-hybridized carbons (Fsp3) is 0.333. The van der Waals surface area contributed by atoms with Crippen LogP contribution in [0.1, 0.15) is 31.9 Å². The van der Waals surface area contributed by atoms with Gasteiger partial charge < -0.3 is 15.0 Å². The maximum absolute atomic E-state index is 14.0. The maximum atomic E-state index is 14.0. The summed E-state index contributed by atoms with van der Waals surface area (Å²) < 4.78 is 34.1. The molecule has 1 atom stereocenters. The van der Waals surface area contributed by atoms with Gasteiger partial charge in [0.05, 0.1) is 17.7 Å². The predicted molar refractivity (Wildman–Crippen MR) is 163 cm³/mol. The van der Waals surface area contributed by atoms with Crippen molar-refractivity contribution < 1.29 is 22.7 Å². The van der Waals surface area contributed by atoms with E-state index in [1.165, 1.54) is 42.3 Å². The number of anilines is 1. The summed E-state index contributed by atoms with van der Waals surface area (Å²) in [5.74, 6) is -0.152. The van der Waals surface area contributed by atoms with Crippen LogP contribution in [0.2, 0.25) is 10.0 Å². The predicted octanol–water partition coefficient (Wildman–Crippen LogP) is 5.70. The van der Waals surface area contributed by atoms with Crippen LogP contribution in [-0.4, -0.2) is 51.4 Å². The van der Waals surface area contributed by atoms with Gasteiger partial charge in [-0.3, -0.25) is 13.9 Å². The minimum absolute atomic E-state index is 0.00549. The van der Waals surface area contributed by atoms with E-state index in [-0.39, 0.29) is 39.0 Å². The van der Waals surface area contributed by atoms with Gasteiger partial charge in [-0.2, -0.15) is 0 Å². The van der Waals surface area contributed by atoms with Crippen molar-refractivity contribution in [3.05, 3.63) is 87.9 Å². The summed E-state index contributed by atoms with van der Waals surface area (Å²) in [6.45, 7) is 7.26. The molecule has 0 spiro atoms. The van der Waals surface area contributed by atoms with E-state index in [0.717, 1.165) is 9.87 Å². The zero-order chi connectivity index (χ0) is 30.3. The number of ether oxygens (including phenoxy) is 1. The average molecular weight is 621 g/mol. The summed E-state index contributed by atoms with van der Waals surface area (Å²) in [7, 11) is -2.70. The number of hydrogen-bond acceptors (Lipinski definition) is 5. The lowest BCUT2D eigenvalue weighted by Gasteiger charge is -2.32. The van der Waals surface area contributed by atoms with Crippen molar-refractivity contribution in [1.82, 2.24) is 10.2 Å².